The molecule has 1 aliphatic heterocycles. The molecule has 0 aromatic carbocycles. The van der Waals surface area contributed by atoms with E-state index in [9.17, 15) is 23.1 Å². The van der Waals surface area contributed by atoms with Gasteiger partial charge in [-0.05, 0) is 12.3 Å². The largest absolute Gasteiger partial charge is 0.480 e. The predicted molar refractivity (Wildman–Crippen MR) is 81.7 cm³/mol. The number of carboxylic acid groups (broad SMARTS) is 1. The Bertz CT molecular complexity index is 492. The number of carboxylic acids is 1. The molecule has 1 amide bonds. The van der Waals surface area contributed by atoms with Crippen LogP contribution in [0, 0.1) is 5.92 Å². The van der Waals surface area contributed by atoms with Crippen LogP contribution in [0.3, 0.4) is 0 Å². The number of aliphatic carboxylic acids is 1. The summed E-state index contributed by atoms with van der Waals surface area (Å²) in [5.74, 6) is -0.424. The molecule has 0 aliphatic carbocycles. The van der Waals surface area contributed by atoms with E-state index < -0.39 is 34.0 Å². The molecule has 0 aromatic heterocycles. The minimum absolute atomic E-state index is 0.107. The lowest BCUT2D eigenvalue weighted by molar-refractivity contribution is -0.150. The number of nitrogens with zero attached hydrogens (tertiary/aromatic N) is 1. The Kier molecular flexibility index (Phi) is 6.48. The fourth-order valence-electron chi connectivity index (χ4n) is 2.20. The van der Waals surface area contributed by atoms with Crippen molar-refractivity contribution in [3.8, 4) is 0 Å². The van der Waals surface area contributed by atoms with Gasteiger partial charge in [-0.3, -0.25) is 4.79 Å². The highest BCUT2D eigenvalue weighted by atomic mass is 32.2. The molecule has 1 fully saturated rings. The Labute approximate surface area is 129 Å². The standard InChI is InChI=1S/C12H22N2O5S2/c1-8(2)6-9(13-21(3,18)19)11(15)14-4-5-20-7-10(14)12(16)17/h8-10,13H,4-7H2,1-3H3,(H,16,17). The van der Waals surface area contributed by atoms with E-state index in [0.717, 1.165) is 6.26 Å². The summed E-state index contributed by atoms with van der Waals surface area (Å²) >= 11 is 1.48. The van der Waals surface area contributed by atoms with Crippen LogP contribution >= 0.6 is 11.8 Å². The molecule has 9 heteroatoms. The summed E-state index contributed by atoms with van der Waals surface area (Å²) in [6, 6.07) is -1.81. The van der Waals surface area contributed by atoms with Crippen molar-refractivity contribution in [1.82, 2.24) is 9.62 Å². The van der Waals surface area contributed by atoms with Crippen LogP contribution in [0.15, 0.2) is 0 Å². The fraction of sp³-hybridized carbons (Fsp3) is 0.833. The Morgan fingerprint density at radius 3 is 2.52 bits per heavy atom. The lowest BCUT2D eigenvalue weighted by atomic mass is 10.0. The van der Waals surface area contributed by atoms with Gasteiger partial charge < -0.3 is 10.0 Å². The van der Waals surface area contributed by atoms with Crippen molar-refractivity contribution in [2.75, 3.05) is 24.3 Å². The zero-order chi connectivity index (χ0) is 16.2. The van der Waals surface area contributed by atoms with Crippen LogP contribution in [0.25, 0.3) is 0 Å². The molecule has 2 N–H and O–H groups in total. The number of carbonyl (C=O) groups excluding carboxylic acids is 1. The first-order valence-electron chi connectivity index (χ1n) is 6.70. The van der Waals surface area contributed by atoms with Gasteiger partial charge in [0.15, 0.2) is 0 Å². The SMILES string of the molecule is CC(C)CC(NS(C)(=O)=O)C(=O)N1CCSCC1C(=O)O. The fourth-order valence-corrected chi connectivity index (χ4v) is 3.95. The maximum atomic E-state index is 12.6. The molecule has 2 atom stereocenters. The van der Waals surface area contributed by atoms with Gasteiger partial charge in [0.25, 0.3) is 0 Å². The second-order valence-electron chi connectivity index (χ2n) is 5.53. The molecule has 0 bridgehead atoms. The second kappa shape index (κ2) is 7.46. The quantitative estimate of drug-likeness (QED) is 0.705. The van der Waals surface area contributed by atoms with Crippen LogP contribution in [0.1, 0.15) is 20.3 Å². The smallest absolute Gasteiger partial charge is 0.327 e. The Morgan fingerprint density at radius 1 is 1.43 bits per heavy atom. The molecule has 1 rings (SSSR count). The van der Waals surface area contributed by atoms with Crippen molar-refractivity contribution in [2.45, 2.75) is 32.4 Å². The summed E-state index contributed by atoms with van der Waals surface area (Å²) < 4.78 is 25.2. The van der Waals surface area contributed by atoms with Gasteiger partial charge in [-0.2, -0.15) is 11.8 Å². The minimum Gasteiger partial charge on any atom is -0.480 e. The maximum Gasteiger partial charge on any atom is 0.327 e. The molecular weight excluding hydrogens is 316 g/mol. The van der Waals surface area contributed by atoms with E-state index in [2.05, 4.69) is 4.72 Å². The zero-order valence-corrected chi connectivity index (χ0v) is 14.0. The number of carbonyl (C=O) groups is 2. The van der Waals surface area contributed by atoms with Gasteiger partial charge in [-0.1, -0.05) is 13.8 Å². The van der Waals surface area contributed by atoms with Crippen LogP contribution in [0.5, 0.6) is 0 Å². The van der Waals surface area contributed by atoms with Crippen LogP contribution in [-0.4, -0.2) is 66.7 Å². The number of sulfonamides is 1. The van der Waals surface area contributed by atoms with Crippen molar-refractivity contribution in [3.63, 3.8) is 0 Å². The summed E-state index contributed by atoms with van der Waals surface area (Å²) in [7, 11) is -3.54. The van der Waals surface area contributed by atoms with Crippen molar-refractivity contribution >= 4 is 33.7 Å². The predicted octanol–water partition coefficient (Wildman–Crippen LogP) is -0.0211. The first kappa shape index (κ1) is 18.2. The highest BCUT2D eigenvalue weighted by Crippen LogP contribution is 2.19. The number of thioether (sulfide) groups is 1. The van der Waals surface area contributed by atoms with Gasteiger partial charge in [0.2, 0.25) is 15.9 Å². The first-order valence-corrected chi connectivity index (χ1v) is 9.74. The van der Waals surface area contributed by atoms with E-state index in [1.165, 1.54) is 16.7 Å². The van der Waals surface area contributed by atoms with Crippen molar-refractivity contribution in [1.29, 1.82) is 0 Å². The van der Waals surface area contributed by atoms with E-state index >= 15 is 0 Å². The van der Waals surface area contributed by atoms with Gasteiger partial charge in [0.05, 0.1) is 6.26 Å². The molecule has 0 radical (unpaired) electrons. The molecule has 2 unspecified atom stereocenters. The molecule has 0 aromatic rings. The summed E-state index contributed by atoms with van der Waals surface area (Å²) in [6.45, 7) is 4.08. The van der Waals surface area contributed by atoms with E-state index in [4.69, 9.17) is 0 Å². The molecule has 0 saturated carbocycles. The third-order valence-electron chi connectivity index (χ3n) is 3.06. The molecular formula is C12H22N2O5S2. The van der Waals surface area contributed by atoms with E-state index in [1.54, 1.807) is 0 Å². The Hall–Kier alpha value is -0.800. The average molecular weight is 338 g/mol. The third kappa shape index (κ3) is 5.84. The maximum absolute atomic E-state index is 12.6. The number of nitrogens with one attached hydrogen (secondary N) is 1. The van der Waals surface area contributed by atoms with Crippen LogP contribution in [0.2, 0.25) is 0 Å². The van der Waals surface area contributed by atoms with Gasteiger partial charge >= 0.3 is 5.97 Å². The molecule has 1 heterocycles. The number of amides is 1. The summed E-state index contributed by atoms with van der Waals surface area (Å²) in [5.41, 5.74) is 0. The van der Waals surface area contributed by atoms with Crippen LogP contribution in [0.4, 0.5) is 0 Å². The van der Waals surface area contributed by atoms with Crippen molar-refractivity contribution in [2.24, 2.45) is 5.92 Å². The Morgan fingerprint density at radius 2 is 2.05 bits per heavy atom. The number of hydrogen-bond donors (Lipinski definition) is 2. The highest BCUT2D eigenvalue weighted by Gasteiger charge is 2.36. The molecule has 0 spiro atoms. The average Bonchev–Trinajstić information content (AvgIpc) is 2.34. The monoisotopic (exact) mass is 338 g/mol. The summed E-state index contributed by atoms with van der Waals surface area (Å²) in [6.07, 6.45) is 1.33. The third-order valence-corrected chi connectivity index (χ3v) is 4.79. The number of rotatable bonds is 6. The molecule has 21 heavy (non-hydrogen) atoms. The highest BCUT2D eigenvalue weighted by molar-refractivity contribution is 7.99. The van der Waals surface area contributed by atoms with Crippen LogP contribution in [-0.2, 0) is 19.6 Å². The lowest BCUT2D eigenvalue weighted by Crippen LogP contribution is -2.57. The molecule has 7 nitrogen and oxygen atoms in total. The topological polar surface area (TPSA) is 104 Å². The molecule has 122 valence electrons. The van der Waals surface area contributed by atoms with E-state index in [0.29, 0.717) is 24.5 Å². The normalized spacial score (nSPS) is 21.3. The lowest BCUT2D eigenvalue weighted by Gasteiger charge is -2.35. The zero-order valence-electron chi connectivity index (χ0n) is 12.4. The molecule has 1 saturated heterocycles. The second-order valence-corrected chi connectivity index (χ2v) is 8.46. The van der Waals surface area contributed by atoms with Gasteiger partial charge in [-0.25, -0.2) is 17.9 Å². The van der Waals surface area contributed by atoms with E-state index in [-0.39, 0.29) is 5.92 Å². The van der Waals surface area contributed by atoms with Crippen molar-refractivity contribution < 1.29 is 23.1 Å². The van der Waals surface area contributed by atoms with Gasteiger partial charge in [0.1, 0.15) is 12.1 Å². The van der Waals surface area contributed by atoms with E-state index in [1.807, 2.05) is 13.8 Å². The van der Waals surface area contributed by atoms with Crippen LogP contribution < -0.4 is 4.72 Å². The Balaban J connectivity index is 2.94. The van der Waals surface area contributed by atoms with Gasteiger partial charge in [0, 0.05) is 18.1 Å². The number of hydrogen-bond acceptors (Lipinski definition) is 5. The minimum atomic E-state index is -3.54. The summed E-state index contributed by atoms with van der Waals surface area (Å²) in [4.78, 5) is 25.1. The summed E-state index contributed by atoms with van der Waals surface area (Å²) in [5, 5.41) is 9.21. The first-order chi connectivity index (χ1) is 9.61. The van der Waals surface area contributed by atoms with Gasteiger partial charge in [-0.15, -0.1) is 0 Å². The van der Waals surface area contributed by atoms with Crippen molar-refractivity contribution in [3.05, 3.63) is 0 Å². The molecule has 1 aliphatic rings.